The highest BCUT2D eigenvalue weighted by atomic mass is 35.5. The number of hydrogen-bond donors (Lipinski definition) is 1. The van der Waals surface area contributed by atoms with E-state index < -0.39 is 5.97 Å². The zero-order valence-corrected chi connectivity index (χ0v) is 23.8. The Morgan fingerprint density at radius 1 is 0.763 bits per heavy atom. The van der Waals surface area contributed by atoms with Crippen LogP contribution in [-0.2, 0) is 4.79 Å². The van der Waals surface area contributed by atoms with Crippen molar-refractivity contribution in [3.63, 3.8) is 0 Å². The van der Waals surface area contributed by atoms with Crippen molar-refractivity contribution >= 4 is 29.7 Å². The fraction of sp³-hybridized carbons (Fsp3) is 0.531. The van der Waals surface area contributed by atoms with E-state index in [1.165, 1.54) is 89.7 Å². The Kier molecular flexibility index (Phi) is 16.9. The molecule has 0 aliphatic carbocycles. The van der Waals surface area contributed by atoms with Crippen molar-refractivity contribution in [2.75, 3.05) is 0 Å². The highest BCUT2D eigenvalue weighted by Gasteiger charge is 2.11. The minimum atomic E-state index is -0.486. The van der Waals surface area contributed by atoms with E-state index in [4.69, 9.17) is 16.3 Å². The Hall–Kier alpha value is -2.66. The Labute approximate surface area is 234 Å². The molecule has 0 spiro atoms. The van der Waals surface area contributed by atoms with Crippen LogP contribution >= 0.6 is 11.6 Å². The van der Waals surface area contributed by atoms with E-state index in [0.29, 0.717) is 28.3 Å². The van der Waals surface area contributed by atoms with E-state index >= 15 is 0 Å². The maximum absolute atomic E-state index is 12.4. The Bertz CT molecular complexity index is 959. The van der Waals surface area contributed by atoms with Crippen molar-refractivity contribution in [1.29, 1.82) is 0 Å². The van der Waals surface area contributed by atoms with Crippen LogP contribution in [0.15, 0.2) is 53.6 Å². The summed E-state index contributed by atoms with van der Waals surface area (Å²) < 4.78 is 5.50. The van der Waals surface area contributed by atoms with Gasteiger partial charge in [0, 0.05) is 17.0 Å². The average Bonchev–Trinajstić information content (AvgIpc) is 2.92. The van der Waals surface area contributed by atoms with E-state index in [0.717, 1.165) is 12.8 Å². The van der Waals surface area contributed by atoms with Crippen LogP contribution < -0.4 is 10.2 Å². The van der Waals surface area contributed by atoms with Crippen LogP contribution in [0.2, 0.25) is 5.02 Å². The van der Waals surface area contributed by atoms with E-state index in [-0.39, 0.29) is 5.91 Å². The fourth-order valence-electron chi connectivity index (χ4n) is 4.31. The molecule has 0 aliphatic heterocycles. The molecule has 2 aromatic rings. The van der Waals surface area contributed by atoms with Crippen LogP contribution in [0.3, 0.4) is 0 Å². The quantitative estimate of drug-likeness (QED) is 0.0598. The van der Waals surface area contributed by atoms with Crippen LogP contribution in [0, 0.1) is 0 Å². The second kappa shape index (κ2) is 20.3. The Morgan fingerprint density at radius 3 is 1.87 bits per heavy atom. The number of hydrogen-bond acceptors (Lipinski definition) is 4. The molecule has 1 amide bonds. The summed E-state index contributed by atoms with van der Waals surface area (Å²) in [5, 5.41) is 4.60. The highest BCUT2D eigenvalue weighted by molar-refractivity contribution is 6.30. The zero-order chi connectivity index (χ0) is 27.3. The van der Waals surface area contributed by atoms with Crippen LogP contribution in [0.1, 0.15) is 126 Å². The number of halogens is 1. The molecule has 208 valence electrons. The van der Waals surface area contributed by atoms with Gasteiger partial charge in [-0.15, -0.1) is 0 Å². The Morgan fingerprint density at radius 2 is 1.29 bits per heavy atom. The monoisotopic (exact) mass is 540 g/mol. The van der Waals surface area contributed by atoms with Gasteiger partial charge in [-0.25, -0.2) is 10.2 Å². The number of nitrogens with one attached hydrogen (secondary N) is 1. The van der Waals surface area contributed by atoms with E-state index in [1.54, 1.807) is 42.5 Å². The maximum atomic E-state index is 12.4. The lowest BCUT2D eigenvalue weighted by Gasteiger charge is -2.07. The predicted octanol–water partition coefficient (Wildman–Crippen LogP) is 9.27. The molecule has 0 aromatic heterocycles. The van der Waals surface area contributed by atoms with Gasteiger partial charge >= 0.3 is 5.97 Å². The number of unbranched alkanes of at least 4 members (excludes halogenated alkanes) is 14. The summed E-state index contributed by atoms with van der Waals surface area (Å²) in [6, 6.07) is 13.6. The topological polar surface area (TPSA) is 67.8 Å². The average molecular weight is 541 g/mol. The van der Waals surface area contributed by atoms with Gasteiger partial charge < -0.3 is 4.74 Å². The van der Waals surface area contributed by atoms with Gasteiger partial charge in [-0.3, -0.25) is 4.79 Å². The number of carbonyl (C=O) groups is 2. The molecule has 0 fully saturated rings. The molecule has 0 atom stereocenters. The summed E-state index contributed by atoms with van der Waals surface area (Å²) in [7, 11) is 0. The van der Waals surface area contributed by atoms with Crippen molar-refractivity contribution in [1.82, 2.24) is 5.43 Å². The van der Waals surface area contributed by atoms with Crippen LogP contribution in [0.25, 0.3) is 0 Å². The molecule has 0 saturated heterocycles. The summed E-state index contributed by atoms with van der Waals surface area (Å²) in [6.45, 7) is 2.27. The van der Waals surface area contributed by atoms with Crippen LogP contribution in [-0.4, -0.2) is 18.1 Å². The highest BCUT2D eigenvalue weighted by Crippen LogP contribution is 2.19. The molecular weight excluding hydrogens is 496 g/mol. The first-order valence-corrected chi connectivity index (χ1v) is 14.9. The number of hydrazone groups is 1. The maximum Gasteiger partial charge on any atom is 0.343 e. The number of nitrogens with zero attached hydrogens (tertiary/aromatic N) is 1. The van der Waals surface area contributed by atoms with Crippen molar-refractivity contribution < 1.29 is 14.3 Å². The third kappa shape index (κ3) is 14.3. The molecule has 0 radical (unpaired) electrons. The molecule has 2 aromatic carbocycles. The number of rotatable bonds is 20. The summed E-state index contributed by atoms with van der Waals surface area (Å²) in [6.07, 6.45) is 21.4. The second-order valence-electron chi connectivity index (χ2n) is 9.93. The lowest BCUT2D eigenvalue weighted by molar-refractivity contribution is -0.121. The molecular formula is C32H45ClN2O3. The number of para-hydroxylation sites is 1. The third-order valence-electron chi connectivity index (χ3n) is 6.60. The minimum Gasteiger partial charge on any atom is -0.422 e. The smallest absolute Gasteiger partial charge is 0.343 e. The van der Waals surface area contributed by atoms with E-state index in [9.17, 15) is 9.59 Å². The molecule has 0 aliphatic rings. The van der Waals surface area contributed by atoms with Gasteiger partial charge in [0.1, 0.15) is 5.75 Å². The molecule has 0 bridgehead atoms. The molecule has 5 nitrogen and oxygen atoms in total. The molecule has 1 N–H and O–H groups in total. The van der Waals surface area contributed by atoms with Gasteiger partial charge in [-0.1, -0.05) is 121 Å². The van der Waals surface area contributed by atoms with Gasteiger partial charge in [0.2, 0.25) is 5.91 Å². The van der Waals surface area contributed by atoms with E-state index in [1.807, 2.05) is 6.07 Å². The number of esters is 1. The summed E-state index contributed by atoms with van der Waals surface area (Å²) >= 11 is 5.88. The first-order chi connectivity index (χ1) is 18.6. The lowest BCUT2D eigenvalue weighted by atomic mass is 10.0. The zero-order valence-electron chi connectivity index (χ0n) is 23.1. The number of benzene rings is 2. The van der Waals surface area contributed by atoms with Gasteiger partial charge in [0.05, 0.1) is 11.8 Å². The normalized spacial score (nSPS) is 11.1. The largest absolute Gasteiger partial charge is 0.422 e. The Balaban J connectivity index is 1.52. The van der Waals surface area contributed by atoms with Gasteiger partial charge in [-0.2, -0.15) is 5.10 Å². The standard InChI is InChI=1S/C32H45ClN2O3/c1-2-3-4-5-6-7-8-9-10-11-12-13-14-15-16-21-31(36)35-34-26-28-19-17-18-20-30(28)38-32(37)27-22-24-29(33)25-23-27/h17-20,22-26H,2-16,21H2,1H3,(H,35,36). The number of carbonyl (C=O) groups excluding carboxylic acids is 2. The van der Waals surface area contributed by atoms with Crippen LogP contribution in [0.4, 0.5) is 0 Å². The predicted molar refractivity (Wildman–Crippen MR) is 158 cm³/mol. The number of ether oxygens (including phenoxy) is 1. The van der Waals surface area contributed by atoms with Crippen molar-refractivity contribution in [2.45, 2.75) is 110 Å². The van der Waals surface area contributed by atoms with Crippen molar-refractivity contribution in [2.24, 2.45) is 5.10 Å². The van der Waals surface area contributed by atoms with Gasteiger partial charge in [0.25, 0.3) is 0 Å². The van der Waals surface area contributed by atoms with Crippen molar-refractivity contribution in [3.05, 3.63) is 64.7 Å². The molecule has 0 heterocycles. The molecule has 6 heteroatoms. The molecule has 38 heavy (non-hydrogen) atoms. The minimum absolute atomic E-state index is 0.105. The molecule has 0 saturated carbocycles. The molecule has 2 rings (SSSR count). The third-order valence-corrected chi connectivity index (χ3v) is 6.85. The van der Waals surface area contributed by atoms with E-state index in [2.05, 4.69) is 17.5 Å². The van der Waals surface area contributed by atoms with Gasteiger partial charge in [0.15, 0.2) is 0 Å². The molecule has 0 unspecified atom stereocenters. The SMILES string of the molecule is CCCCCCCCCCCCCCCCCC(=O)NN=Cc1ccccc1OC(=O)c1ccc(Cl)cc1. The summed E-state index contributed by atoms with van der Waals surface area (Å²) in [5.74, 6) is -0.223. The van der Waals surface area contributed by atoms with Gasteiger partial charge in [-0.05, 0) is 42.8 Å². The second-order valence-corrected chi connectivity index (χ2v) is 10.4. The van der Waals surface area contributed by atoms with Crippen LogP contribution in [0.5, 0.6) is 5.75 Å². The first kappa shape index (κ1) is 31.6. The fourth-order valence-corrected chi connectivity index (χ4v) is 4.44. The number of amides is 1. The summed E-state index contributed by atoms with van der Waals surface area (Å²) in [5.41, 5.74) is 3.57. The van der Waals surface area contributed by atoms with Crippen molar-refractivity contribution in [3.8, 4) is 5.75 Å². The lowest BCUT2D eigenvalue weighted by Crippen LogP contribution is -2.17. The summed E-state index contributed by atoms with van der Waals surface area (Å²) in [4.78, 5) is 24.5. The first-order valence-electron chi connectivity index (χ1n) is 14.5.